The van der Waals surface area contributed by atoms with Gasteiger partial charge in [0.05, 0.1) is 27.4 Å². The number of rotatable bonds is 3. The number of hydrazone groups is 1. The van der Waals surface area contributed by atoms with Crippen LogP contribution in [0.5, 0.6) is 0 Å². The molecule has 12 heteroatoms. The van der Waals surface area contributed by atoms with Crippen molar-refractivity contribution in [1.29, 1.82) is 0 Å². The highest BCUT2D eigenvalue weighted by Crippen LogP contribution is 2.40. The lowest BCUT2D eigenvalue weighted by atomic mass is 9.91. The Kier molecular flexibility index (Phi) is 5.74. The third-order valence-electron chi connectivity index (χ3n) is 5.71. The van der Waals surface area contributed by atoms with Gasteiger partial charge in [0.25, 0.3) is 0 Å². The molecule has 2 heterocycles. The van der Waals surface area contributed by atoms with Crippen LogP contribution in [0.25, 0.3) is 0 Å². The fourth-order valence-corrected chi connectivity index (χ4v) is 6.42. The van der Waals surface area contributed by atoms with Gasteiger partial charge in [0.2, 0.25) is 0 Å². The van der Waals surface area contributed by atoms with Crippen LogP contribution >= 0.6 is 0 Å². The Morgan fingerprint density at radius 1 is 1.23 bits per heavy atom. The molecule has 2 aliphatic heterocycles. The zero-order chi connectivity index (χ0) is 22.5. The molecule has 2 aliphatic rings. The highest BCUT2D eigenvalue weighted by atomic mass is 32.2. The standard InChI is InChI=1S/C18H23F3N2O5S2/c1-17(30(26,27)13-6-4-5-12(9-13)18(19,20)21)7-8-28-15(11-17)14-10-16(22-23(14)2)29(3,24)25/h4-6,9,14-15H,7-8,10-11H2,1-3H3. The molecule has 30 heavy (non-hydrogen) atoms. The van der Waals surface area contributed by atoms with Gasteiger partial charge in [0, 0.05) is 26.3 Å². The molecule has 3 unspecified atom stereocenters. The van der Waals surface area contributed by atoms with Crippen LogP contribution in [0.2, 0.25) is 0 Å². The Morgan fingerprint density at radius 3 is 2.47 bits per heavy atom. The normalized spacial score (nSPS) is 28.5. The van der Waals surface area contributed by atoms with Crippen molar-refractivity contribution in [2.24, 2.45) is 5.10 Å². The molecule has 0 amide bonds. The summed E-state index contributed by atoms with van der Waals surface area (Å²) in [4.78, 5) is -0.395. The molecule has 3 rings (SSSR count). The molecule has 1 aromatic rings. The van der Waals surface area contributed by atoms with Gasteiger partial charge in [0.15, 0.2) is 24.7 Å². The highest BCUT2D eigenvalue weighted by molar-refractivity contribution is 8.05. The molecule has 1 saturated heterocycles. The Morgan fingerprint density at radius 2 is 1.90 bits per heavy atom. The number of ether oxygens (including phenoxy) is 1. The van der Waals surface area contributed by atoms with Gasteiger partial charge in [-0.15, -0.1) is 0 Å². The lowest BCUT2D eigenvalue weighted by Crippen LogP contribution is -2.50. The van der Waals surface area contributed by atoms with Gasteiger partial charge in [-0.25, -0.2) is 16.8 Å². The van der Waals surface area contributed by atoms with Crippen LogP contribution < -0.4 is 0 Å². The summed E-state index contributed by atoms with van der Waals surface area (Å²) in [6.07, 6.45) is -4.05. The lowest BCUT2D eigenvalue weighted by molar-refractivity contribution is -0.137. The first kappa shape index (κ1) is 23.0. The monoisotopic (exact) mass is 468 g/mol. The van der Waals surface area contributed by atoms with Crippen LogP contribution in [0.4, 0.5) is 13.2 Å². The van der Waals surface area contributed by atoms with Crippen LogP contribution in [0.3, 0.4) is 0 Å². The number of benzene rings is 1. The number of hydrogen-bond donors (Lipinski definition) is 0. The number of halogens is 3. The van der Waals surface area contributed by atoms with Crippen molar-refractivity contribution in [1.82, 2.24) is 5.01 Å². The second-order valence-corrected chi connectivity index (χ2v) is 12.4. The summed E-state index contributed by atoms with van der Waals surface area (Å²) in [6, 6.07) is 3.23. The topological polar surface area (TPSA) is 93.1 Å². The maximum absolute atomic E-state index is 13.3. The first-order valence-corrected chi connectivity index (χ1v) is 12.6. The summed E-state index contributed by atoms with van der Waals surface area (Å²) in [5.74, 6) is 0. The number of sulfone groups is 2. The molecule has 0 N–H and O–H groups in total. The van der Waals surface area contributed by atoms with Crippen LogP contribution in [0, 0.1) is 0 Å². The molecule has 7 nitrogen and oxygen atoms in total. The fourth-order valence-electron chi connectivity index (χ4n) is 3.83. The maximum Gasteiger partial charge on any atom is 0.416 e. The molecule has 0 radical (unpaired) electrons. The summed E-state index contributed by atoms with van der Waals surface area (Å²) < 4.78 is 93.7. The van der Waals surface area contributed by atoms with E-state index in [0.29, 0.717) is 6.07 Å². The summed E-state index contributed by atoms with van der Waals surface area (Å²) in [5.41, 5.74) is -1.03. The van der Waals surface area contributed by atoms with E-state index < -0.39 is 53.2 Å². The smallest absolute Gasteiger partial charge is 0.376 e. The molecule has 0 aliphatic carbocycles. The molecule has 1 aromatic carbocycles. The van der Waals surface area contributed by atoms with Gasteiger partial charge in [-0.3, -0.25) is 5.01 Å². The van der Waals surface area contributed by atoms with E-state index in [0.717, 1.165) is 24.5 Å². The summed E-state index contributed by atoms with van der Waals surface area (Å²) >= 11 is 0. The average molecular weight is 469 g/mol. The van der Waals surface area contributed by atoms with Crippen molar-refractivity contribution in [2.45, 2.75) is 54.2 Å². The van der Waals surface area contributed by atoms with E-state index in [1.165, 1.54) is 11.9 Å². The van der Waals surface area contributed by atoms with Crippen molar-refractivity contribution in [3.8, 4) is 0 Å². The maximum atomic E-state index is 13.3. The number of likely N-dealkylation sites (N-methyl/N-ethyl adjacent to an activating group) is 1. The molecule has 0 aromatic heterocycles. The van der Waals surface area contributed by atoms with Gasteiger partial charge in [-0.1, -0.05) is 6.07 Å². The molecule has 0 saturated carbocycles. The van der Waals surface area contributed by atoms with E-state index in [4.69, 9.17) is 4.74 Å². The predicted molar refractivity (Wildman–Crippen MR) is 104 cm³/mol. The minimum absolute atomic E-state index is 0.00709. The third-order valence-corrected chi connectivity index (χ3v) is 9.35. The average Bonchev–Trinajstić information content (AvgIpc) is 3.03. The van der Waals surface area contributed by atoms with E-state index in [9.17, 15) is 30.0 Å². The number of hydrogen-bond acceptors (Lipinski definition) is 7. The second-order valence-electron chi connectivity index (χ2n) is 7.95. The van der Waals surface area contributed by atoms with Crippen molar-refractivity contribution < 1.29 is 34.7 Å². The predicted octanol–water partition coefficient (Wildman–Crippen LogP) is 2.48. The SMILES string of the molecule is CN1N=C(S(C)(=O)=O)CC1C1CC(C)(S(=O)(=O)c2cccc(C(F)(F)F)c2)CCO1. The van der Waals surface area contributed by atoms with Crippen molar-refractivity contribution in [3.63, 3.8) is 0 Å². The lowest BCUT2D eigenvalue weighted by Gasteiger charge is -2.41. The molecular weight excluding hydrogens is 445 g/mol. The van der Waals surface area contributed by atoms with Gasteiger partial charge in [-0.2, -0.15) is 18.3 Å². The Bertz CT molecular complexity index is 1070. The van der Waals surface area contributed by atoms with E-state index >= 15 is 0 Å². The van der Waals surface area contributed by atoms with Gasteiger partial charge in [-0.05, 0) is 38.0 Å². The summed E-state index contributed by atoms with van der Waals surface area (Å²) in [6.45, 7) is 1.57. The minimum Gasteiger partial charge on any atom is -0.376 e. The van der Waals surface area contributed by atoms with Gasteiger partial charge in [0.1, 0.15) is 0 Å². The molecule has 0 spiro atoms. The molecule has 168 valence electrons. The summed E-state index contributed by atoms with van der Waals surface area (Å²) in [7, 11) is -6.04. The second kappa shape index (κ2) is 7.49. The molecule has 1 fully saturated rings. The van der Waals surface area contributed by atoms with E-state index in [1.807, 2.05) is 0 Å². The summed E-state index contributed by atoms with van der Waals surface area (Å²) in [5, 5.41) is 5.47. The van der Waals surface area contributed by atoms with Crippen LogP contribution in [0.15, 0.2) is 34.3 Å². The Hall–Kier alpha value is -1.66. The molecular formula is C18H23F3N2O5S2. The van der Waals surface area contributed by atoms with Crippen LogP contribution in [-0.2, 0) is 30.6 Å². The van der Waals surface area contributed by atoms with Crippen molar-refractivity contribution in [2.75, 3.05) is 19.9 Å². The van der Waals surface area contributed by atoms with E-state index in [2.05, 4.69) is 5.10 Å². The minimum atomic E-state index is -4.66. The number of alkyl halides is 3. The Balaban J connectivity index is 1.88. The molecule has 3 atom stereocenters. The van der Waals surface area contributed by atoms with Crippen molar-refractivity contribution in [3.05, 3.63) is 29.8 Å². The van der Waals surface area contributed by atoms with Gasteiger partial charge >= 0.3 is 6.18 Å². The van der Waals surface area contributed by atoms with Crippen LogP contribution in [-0.4, -0.2) is 63.7 Å². The van der Waals surface area contributed by atoms with E-state index in [1.54, 1.807) is 7.05 Å². The zero-order valence-electron chi connectivity index (χ0n) is 16.7. The Labute approximate surface area is 173 Å². The first-order chi connectivity index (χ1) is 13.6. The number of nitrogens with zero attached hydrogens (tertiary/aromatic N) is 2. The fraction of sp³-hybridized carbons (Fsp3) is 0.611. The highest BCUT2D eigenvalue weighted by Gasteiger charge is 2.49. The third kappa shape index (κ3) is 4.22. The quantitative estimate of drug-likeness (QED) is 0.677. The first-order valence-electron chi connectivity index (χ1n) is 9.19. The van der Waals surface area contributed by atoms with Gasteiger partial charge < -0.3 is 4.74 Å². The zero-order valence-corrected chi connectivity index (χ0v) is 18.3. The van der Waals surface area contributed by atoms with E-state index in [-0.39, 0.29) is 30.9 Å². The molecule has 0 bridgehead atoms. The van der Waals surface area contributed by atoms with Crippen LogP contribution in [0.1, 0.15) is 31.7 Å². The van der Waals surface area contributed by atoms with Crippen molar-refractivity contribution >= 4 is 24.7 Å². The largest absolute Gasteiger partial charge is 0.416 e.